The molecule has 0 saturated heterocycles. The van der Waals surface area contributed by atoms with E-state index in [9.17, 15) is 0 Å². The maximum absolute atomic E-state index is 2.08. The minimum Gasteiger partial charge on any atom is -0.0622 e. The van der Waals surface area contributed by atoms with Gasteiger partial charge in [0.25, 0.3) is 0 Å². The minimum atomic E-state index is 0. The van der Waals surface area contributed by atoms with Crippen molar-refractivity contribution in [1.82, 2.24) is 0 Å². The fraction of sp³-hybridized carbons (Fsp3) is 0.143. The molecule has 0 unspecified atom stereocenters. The molecule has 0 aliphatic carbocycles. The van der Waals surface area contributed by atoms with Gasteiger partial charge in [0, 0.05) is 0 Å². The summed E-state index contributed by atoms with van der Waals surface area (Å²) in [5.41, 5.74) is 1.32. The van der Waals surface area contributed by atoms with Gasteiger partial charge in [-0.25, -0.2) is 0 Å². The van der Waals surface area contributed by atoms with Crippen LogP contribution in [0.5, 0.6) is 0 Å². The minimum absolute atomic E-state index is 0. The van der Waals surface area contributed by atoms with Gasteiger partial charge in [-0.15, -0.1) is 0 Å². The van der Waals surface area contributed by atoms with Gasteiger partial charge >= 0.3 is 48.9 Å². The Kier molecular flexibility index (Phi) is 5.11. The van der Waals surface area contributed by atoms with Crippen molar-refractivity contribution >= 4 is 48.9 Å². The van der Waals surface area contributed by atoms with Gasteiger partial charge in [-0.3, -0.25) is 0 Å². The van der Waals surface area contributed by atoms with Gasteiger partial charge in [0.05, 0.1) is 0 Å². The number of benzene rings is 1. The largest absolute Gasteiger partial charge is 2.00 e. The maximum atomic E-state index is 2.08. The topological polar surface area (TPSA) is 0 Å². The average molecular weight is 229 g/mol. The van der Waals surface area contributed by atoms with Crippen molar-refractivity contribution in [1.29, 1.82) is 0 Å². The third kappa shape index (κ3) is 2.95. The Morgan fingerprint density at radius 3 is 1.75 bits per heavy atom. The smallest absolute Gasteiger partial charge is 0.0622 e. The Balaban J connectivity index is 0.000000490. The first kappa shape index (κ1) is 8.79. The number of hydrogen-bond donors (Lipinski definition) is 0. The molecule has 0 amide bonds. The molecule has 0 saturated carbocycles. The Hall–Kier alpha value is 0.791. The van der Waals surface area contributed by atoms with E-state index in [0.29, 0.717) is 0 Å². The van der Waals surface area contributed by atoms with E-state index in [1.54, 1.807) is 0 Å². The zero-order valence-electron chi connectivity index (χ0n) is 5.09. The normalized spacial score (nSPS) is 7.62. The molecular weight excluding hydrogens is 221 g/mol. The second-order valence-corrected chi connectivity index (χ2v) is 1.65. The van der Waals surface area contributed by atoms with Gasteiger partial charge < -0.3 is 0 Å². The fourth-order valence-corrected chi connectivity index (χ4v) is 0.534. The van der Waals surface area contributed by atoms with E-state index in [4.69, 9.17) is 0 Å². The van der Waals surface area contributed by atoms with Crippen molar-refractivity contribution in [2.24, 2.45) is 0 Å². The molecule has 0 spiro atoms. The summed E-state index contributed by atoms with van der Waals surface area (Å²) in [7, 11) is 0. The van der Waals surface area contributed by atoms with Crippen LogP contribution in [0.1, 0.15) is 5.56 Å². The van der Waals surface area contributed by atoms with Crippen molar-refractivity contribution in [3.8, 4) is 0 Å². The van der Waals surface area contributed by atoms with Crippen LogP contribution in [0.15, 0.2) is 30.3 Å². The van der Waals surface area contributed by atoms with E-state index < -0.39 is 0 Å². The monoisotopic (exact) mass is 230 g/mol. The predicted octanol–water partition coefficient (Wildman–Crippen LogP) is 1.61. The molecule has 1 heteroatoms. The molecule has 1 rings (SSSR count). The van der Waals surface area contributed by atoms with Crippen molar-refractivity contribution in [3.05, 3.63) is 35.9 Å². The van der Waals surface area contributed by atoms with Gasteiger partial charge in [0.1, 0.15) is 0 Å². The summed E-state index contributed by atoms with van der Waals surface area (Å²) in [6, 6.07) is 10.3. The number of aryl methyl sites for hydroxylation is 1. The predicted molar refractivity (Wildman–Crippen MR) is 36.9 cm³/mol. The van der Waals surface area contributed by atoms with Crippen LogP contribution in [-0.2, 0) is 0 Å². The van der Waals surface area contributed by atoms with E-state index in [2.05, 4.69) is 19.1 Å². The summed E-state index contributed by atoms with van der Waals surface area (Å²) in [4.78, 5) is 0. The van der Waals surface area contributed by atoms with Crippen LogP contribution in [0.4, 0.5) is 0 Å². The maximum Gasteiger partial charge on any atom is 2.00 e. The van der Waals surface area contributed by atoms with Crippen molar-refractivity contribution < 1.29 is 0 Å². The molecule has 36 valence electrons. The molecule has 0 nitrogen and oxygen atoms in total. The molecule has 0 atom stereocenters. The summed E-state index contributed by atoms with van der Waals surface area (Å²) < 4.78 is 0. The summed E-state index contributed by atoms with van der Waals surface area (Å²) in [5.74, 6) is 0. The third-order valence-corrected chi connectivity index (χ3v) is 0.940. The SMILES string of the molecule is Cc1ccccc1.[Ba+2]. The Bertz CT molecular complexity index is 134. The summed E-state index contributed by atoms with van der Waals surface area (Å²) in [5, 5.41) is 0. The van der Waals surface area contributed by atoms with E-state index >= 15 is 0 Å². The van der Waals surface area contributed by atoms with Crippen LogP contribution in [-0.4, -0.2) is 48.9 Å². The summed E-state index contributed by atoms with van der Waals surface area (Å²) >= 11 is 0. The van der Waals surface area contributed by atoms with Crippen LogP contribution in [0.3, 0.4) is 0 Å². The molecule has 0 fully saturated rings. The van der Waals surface area contributed by atoms with Crippen molar-refractivity contribution in [3.63, 3.8) is 0 Å². The molecule has 1 aromatic rings. The third-order valence-electron chi connectivity index (χ3n) is 0.940. The van der Waals surface area contributed by atoms with E-state index in [0.717, 1.165) is 0 Å². The van der Waals surface area contributed by atoms with Gasteiger partial charge in [0.15, 0.2) is 0 Å². The molecule has 0 heterocycles. The van der Waals surface area contributed by atoms with E-state index in [1.807, 2.05) is 18.2 Å². The molecule has 0 aliphatic heterocycles. The molecule has 0 aromatic heterocycles. The van der Waals surface area contributed by atoms with Crippen molar-refractivity contribution in [2.75, 3.05) is 0 Å². The Morgan fingerprint density at radius 1 is 1.00 bits per heavy atom. The molecule has 0 radical (unpaired) electrons. The Morgan fingerprint density at radius 2 is 1.50 bits per heavy atom. The molecule has 0 aliphatic rings. The first-order valence-electron chi connectivity index (χ1n) is 2.41. The van der Waals surface area contributed by atoms with Crippen LogP contribution < -0.4 is 0 Å². The number of hydrogen-bond acceptors (Lipinski definition) is 0. The van der Waals surface area contributed by atoms with Crippen LogP contribution in [0.2, 0.25) is 0 Å². The standard InChI is InChI=1S/C7H8.Ba/c1-7-5-3-2-4-6-7;/h2-6H,1H3;/q;+2. The molecule has 0 N–H and O–H groups in total. The Labute approximate surface area is 90.4 Å². The molecule has 1 aromatic carbocycles. The molecular formula is C7H8Ba+2. The van der Waals surface area contributed by atoms with E-state index in [-0.39, 0.29) is 48.9 Å². The zero-order chi connectivity index (χ0) is 5.11. The molecule has 0 bridgehead atoms. The molecule has 8 heavy (non-hydrogen) atoms. The first-order valence-corrected chi connectivity index (χ1v) is 2.41. The van der Waals surface area contributed by atoms with Gasteiger partial charge in [0.2, 0.25) is 0 Å². The first-order chi connectivity index (χ1) is 3.39. The van der Waals surface area contributed by atoms with Gasteiger partial charge in [-0.2, -0.15) is 0 Å². The second kappa shape index (κ2) is 4.65. The quantitative estimate of drug-likeness (QED) is 0.593. The fourth-order valence-electron chi connectivity index (χ4n) is 0.534. The number of rotatable bonds is 0. The van der Waals surface area contributed by atoms with Crippen LogP contribution in [0.25, 0.3) is 0 Å². The summed E-state index contributed by atoms with van der Waals surface area (Å²) in [6.07, 6.45) is 0. The van der Waals surface area contributed by atoms with Crippen LogP contribution >= 0.6 is 0 Å². The zero-order valence-corrected chi connectivity index (χ0v) is 9.53. The summed E-state index contributed by atoms with van der Waals surface area (Å²) in [6.45, 7) is 2.08. The van der Waals surface area contributed by atoms with Gasteiger partial charge in [-0.05, 0) is 6.92 Å². The van der Waals surface area contributed by atoms with Crippen molar-refractivity contribution in [2.45, 2.75) is 6.92 Å². The second-order valence-electron chi connectivity index (χ2n) is 1.65. The van der Waals surface area contributed by atoms with E-state index in [1.165, 1.54) is 5.56 Å². The van der Waals surface area contributed by atoms with Crippen LogP contribution in [0, 0.1) is 6.92 Å². The van der Waals surface area contributed by atoms with Gasteiger partial charge in [-0.1, -0.05) is 35.9 Å². The average Bonchev–Trinajstić information content (AvgIpc) is 1.69.